The largest absolute Gasteiger partial charge is 0.478 e. The zero-order valence-corrected chi connectivity index (χ0v) is 9.72. The van der Waals surface area contributed by atoms with Crippen molar-refractivity contribution in [3.63, 3.8) is 0 Å². The third-order valence-corrected chi connectivity index (χ3v) is 2.72. The number of carboxylic acid groups (broad SMARTS) is 1. The van der Waals surface area contributed by atoms with Crippen LogP contribution in [0.3, 0.4) is 0 Å². The Balaban J connectivity index is 2.68. The third-order valence-electron chi connectivity index (χ3n) is 1.43. The Hall–Kier alpha value is -0.870. The molecule has 2 nitrogen and oxygen atoms in total. The number of halogens is 1. The first-order chi connectivity index (χ1) is 6.72. The van der Waals surface area contributed by atoms with Crippen molar-refractivity contribution in [2.75, 3.05) is 5.33 Å². The maximum atomic E-state index is 10.2. The lowest BCUT2D eigenvalue weighted by molar-refractivity contribution is -0.131. The highest BCUT2D eigenvalue weighted by molar-refractivity contribution is 9.09. The van der Waals surface area contributed by atoms with Crippen LogP contribution < -0.4 is 0 Å². The molecular formula is C10H9BrO2S. The third kappa shape index (κ3) is 3.89. The van der Waals surface area contributed by atoms with Gasteiger partial charge in [0.05, 0.1) is 0 Å². The number of alkyl halides is 1. The van der Waals surface area contributed by atoms with Crippen LogP contribution in [0.1, 0.15) is 10.4 Å². The molecule has 0 fully saturated rings. The normalized spacial score (nSPS) is 11.5. The molecule has 0 aliphatic rings. The Morgan fingerprint density at radius 1 is 1.57 bits per heavy atom. The lowest BCUT2D eigenvalue weighted by Crippen LogP contribution is -1.84. The number of aliphatic carboxylic acids is 1. The van der Waals surface area contributed by atoms with Gasteiger partial charge in [-0.2, -0.15) is 0 Å². The quantitative estimate of drug-likeness (QED) is 0.675. The fourth-order valence-corrected chi connectivity index (χ4v) is 1.83. The lowest BCUT2D eigenvalue weighted by atomic mass is 10.3. The zero-order chi connectivity index (χ0) is 10.4. The van der Waals surface area contributed by atoms with Gasteiger partial charge in [0.25, 0.3) is 0 Å². The fraction of sp³-hybridized carbons (Fsp3) is 0.100. The molecule has 0 unspecified atom stereocenters. The van der Waals surface area contributed by atoms with Gasteiger partial charge in [-0.3, -0.25) is 0 Å². The Kier molecular flexibility index (Phi) is 4.62. The first kappa shape index (κ1) is 11.2. The van der Waals surface area contributed by atoms with Crippen molar-refractivity contribution in [2.24, 2.45) is 0 Å². The minimum Gasteiger partial charge on any atom is -0.478 e. The molecule has 0 aliphatic carbocycles. The molecule has 0 radical (unpaired) electrons. The second-order valence-electron chi connectivity index (χ2n) is 2.51. The van der Waals surface area contributed by atoms with E-state index >= 15 is 0 Å². The van der Waals surface area contributed by atoms with E-state index in [1.54, 1.807) is 6.08 Å². The van der Waals surface area contributed by atoms with E-state index in [1.807, 2.05) is 23.6 Å². The second kappa shape index (κ2) is 5.78. The molecule has 0 atom stereocenters. The molecule has 1 aromatic heterocycles. The highest BCUT2D eigenvalue weighted by Crippen LogP contribution is 2.17. The molecular weight excluding hydrogens is 264 g/mol. The monoisotopic (exact) mass is 272 g/mol. The van der Waals surface area contributed by atoms with Crippen LogP contribution >= 0.6 is 27.3 Å². The van der Waals surface area contributed by atoms with Crippen LogP contribution in [0.25, 0.3) is 12.2 Å². The Morgan fingerprint density at radius 2 is 2.36 bits per heavy atom. The molecule has 1 heterocycles. The number of hydrogen-bond donors (Lipinski definition) is 1. The number of hydrogen-bond acceptors (Lipinski definition) is 2. The highest BCUT2D eigenvalue weighted by Gasteiger charge is 1.94. The lowest BCUT2D eigenvalue weighted by Gasteiger charge is -1.82. The van der Waals surface area contributed by atoms with E-state index < -0.39 is 5.97 Å². The van der Waals surface area contributed by atoms with Crippen LogP contribution in [-0.4, -0.2) is 16.4 Å². The average molecular weight is 273 g/mol. The minimum atomic E-state index is -0.920. The molecule has 1 N–H and O–H groups in total. The smallest absolute Gasteiger partial charge is 0.328 e. The molecule has 0 spiro atoms. The molecule has 4 heteroatoms. The van der Waals surface area contributed by atoms with Gasteiger partial charge in [-0.05, 0) is 23.1 Å². The van der Waals surface area contributed by atoms with Gasteiger partial charge < -0.3 is 5.11 Å². The van der Waals surface area contributed by atoms with E-state index in [9.17, 15) is 4.79 Å². The van der Waals surface area contributed by atoms with Gasteiger partial charge in [0.1, 0.15) is 0 Å². The summed E-state index contributed by atoms with van der Waals surface area (Å²) in [5.41, 5.74) is 1.10. The number of thiophene rings is 1. The number of allylic oxidation sites excluding steroid dienone is 1. The molecule has 0 aliphatic heterocycles. The van der Waals surface area contributed by atoms with E-state index in [-0.39, 0.29) is 0 Å². The fourth-order valence-electron chi connectivity index (χ4n) is 0.877. The summed E-state index contributed by atoms with van der Waals surface area (Å²) in [6, 6.07) is 1.95. The number of carboxylic acids is 1. The van der Waals surface area contributed by atoms with Crippen molar-refractivity contribution in [3.05, 3.63) is 34.0 Å². The summed E-state index contributed by atoms with van der Waals surface area (Å²) in [6.07, 6.45) is 6.72. The first-order valence-corrected chi connectivity index (χ1v) is 5.94. The molecule has 14 heavy (non-hydrogen) atoms. The van der Waals surface area contributed by atoms with E-state index in [0.717, 1.165) is 21.8 Å². The minimum absolute atomic E-state index is 0.823. The Morgan fingerprint density at radius 3 is 3.00 bits per heavy atom. The number of rotatable bonds is 4. The van der Waals surface area contributed by atoms with Crippen molar-refractivity contribution in [1.29, 1.82) is 0 Å². The summed E-state index contributed by atoms with van der Waals surface area (Å²) >= 11 is 4.81. The Bertz CT molecular complexity index is 366. The van der Waals surface area contributed by atoms with Crippen LogP contribution in [0.2, 0.25) is 0 Å². The van der Waals surface area contributed by atoms with Crippen molar-refractivity contribution < 1.29 is 9.90 Å². The zero-order valence-electron chi connectivity index (χ0n) is 7.31. The van der Waals surface area contributed by atoms with Crippen LogP contribution in [-0.2, 0) is 4.79 Å². The number of carbonyl (C=O) groups is 1. The summed E-state index contributed by atoms with van der Waals surface area (Å²) in [4.78, 5) is 11.2. The van der Waals surface area contributed by atoms with Crippen LogP contribution in [0.15, 0.2) is 23.6 Å². The molecule has 74 valence electrons. The van der Waals surface area contributed by atoms with E-state index in [0.29, 0.717) is 0 Å². The van der Waals surface area contributed by atoms with Gasteiger partial charge in [0, 0.05) is 16.3 Å². The average Bonchev–Trinajstić information content (AvgIpc) is 2.59. The standard InChI is InChI=1S/C10H9BrO2S/c11-5-1-2-8-6-9(14-7-8)3-4-10(12)13/h1-4,6-7H,5H2,(H,12,13)/b2-1?,4-3+. The van der Waals surface area contributed by atoms with Gasteiger partial charge in [-0.15, -0.1) is 11.3 Å². The summed E-state index contributed by atoms with van der Waals surface area (Å²) in [5, 5.41) is 11.2. The topological polar surface area (TPSA) is 37.3 Å². The van der Waals surface area contributed by atoms with Crippen molar-refractivity contribution in [3.8, 4) is 0 Å². The summed E-state index contributed by atoms with van der Waals surface area (Å²) in [5.74, 6) is -0.920. The highest BCUT2D eigenvalue weighted by atomic mass is 79.9. The van der Waals surface area contributed by atoms with Gasteiger partial charge in [0.15, 0.2) is 0 Å². The predicted octanol–water partition coefficient (Wildman–Crippen LogP) is 3.25. The maximum Gasteiger partial charge on any atom is 0.328 e. The Labute approximate surface area is 94.7 Å². The van der Waals surface area contributed by atoms with Crippen LogP contribution in [0, 0.1) is 0 Å². The van der Waals surface area contributed by atoms with E-state index in [2.05, 4.69) is 15.9 Å². The predicted molar refractivity (Wildman–Crippen MR) is 63.8 cm³/mol. The van der Waals surface area contributed by atoms with Crippen LogP contribution in [0.5, 0.6) is 0 Å². The van der Waals surface area contributed by atoms with Crippen molar-refractivity contribution in [2.45, 2.75) is 0 Å². The molecule has 0 saturated heterocycles. The van der Waals surface area contributed by atoms with E-state index in [1.165, 1.54) is 11.3 Å². The summed E-state index contributed by atoms with van der Waals surface area (Å²) < 4.78 is 0. The summed E-state index contributed by atoms with van der Waals surface area (Å²) in [6.45, 7) is 0. The first-order valence-electron chi connectivity index (χ1n) is 3.94. The molecule has 0 saturated carbocycles. The van der Waals surface area contributed by atoms with Gasteiger partial charge >= 0.3 is 5.97 Å². The van der Waals surface area contributed by atoms with E-state index in [4.69, 9.17) is 5.11 Å². The molecule has 0 amide bonds. The van der Waals surface area contributed by atoms with Gasteiger partial charge in [0.2, 0.25) is 0 Å². The molecule has 1 aromatic rings. The molecule has 0 bridgehead atoms. The van der Waals surface area contributed by atoms with Crippen molar-refractivity contribution >= 4 is 45.4 Å². The van der Waals surface area contributed by atoms with Gasteiger partial charge in [-0.1, -0.05) is 28.1 Å². The van der Waals surface area contributed by atoms with Crippen molar-refractivity contribution in [1.82, 2.24) is 0 Å². The van der Waals surface area contributed by atoms with Gasteiger partial charge in [-0.25, -0.2) is 4.79 Å². The summed E-state index contributed by atoms with van der Waals surface area (Å²) in [7, 11) is 0. The molecule has 0 aromatic carbocycles. The second-order valence-corrected chi connectivity index (χ2v) is 4.10. The maximum absolute atomic E-state index is 10.2. The molecule has 1 rings (SSSR count). The van der Waals surface area contributed by atoms with Crippen LogP contribution in [0.4, 0.5) is 0 Å². The SMILES string of the molecule is O=C(O)/C=C/c1cc(C=CCBr)cs1.